The fourth-order valence-corrected chi connectivity index (χ4v) is 4.68. The van der Waals surface area contributed by atoms with Crippen molar-refractivity contribution in [3.05, 3.63) is 12.2 Å². The zero-order valence-electron chi connectivity index (χ0n) is 9.85. The Balaban J connectivity index is 4.51. The van der Waals surface area contributed by atoms with Gasteiger partial charge in [0.1, 0.15) is 0 Å². The molecule has 0 fully saturated rings. The van der Waals surface area contributed by atoms with E-state index in [1.165, 1.54) is 0 Å². The number of halogens is 1. The molecule has 0 aromatic heterocycles. The molecule has 0 rings (SSSR count). The molecular weight excluding hydrogens is 323 g/mol. The lowest BCUT2D eigenvalue weighted by Gasteiger charge is -2.28. The van der Waals surface area contributed by atoms with Gasteiger partial charge in [0.2, 0.25) is 0 Å². The average molecular weight is 344 g/mol. The molecule has 0 spiro atoms. The van der Waals surface area contributed by atoms with E-state index in [1.54, 1.807) is 0 Å². The van der Waals surface area contributed by atoms with Crippen LogP contribution in [-0.4, -0.2) is 33.1 Å². The van der Waals surface area contributed by atoms with Crippen molar-refractivity contribution in [2.75, 3.05) is 24.2 Å². The van der Waals surface area contributed by atoms with Crippen LogP contribution in [-0.2, 0) is 13.3 Å². The Bertz CT molecular complexity index is 170. The van der Waals surface area contributed by atoms with Crippen LogP contribution >= 0.6 is 22.6 Å². The van der Waals surface area contributed by atoms with Crippen molar-refractivity contribution in [3.8, 4) is 0 Å². The molecule has 0 aliphatic carbocycles. The fraction of sp³-hybridized carbons (Fsp3) is 0.800. The molecule has 0 N–H and O–H groups in total. The minimum absolute atomic E-state index is 0.626. The summed E-state index contributed by atoms with van der Waals surface area (Å²) in [4.78, 5) is 0. The smallest absolute Gasteiger partial charge is 0.374 e. The maximum absolute atomic E-state index is 5.71. The van der Waals surface area contributed by atoms with Gasteiger partial charge in [-0.1, -0.05) is 34.7 Å². The van der Waals surface area contributed by atoms with Gasteiger partial charge in [-0.2, -0.15) is 0 Å². The normalized spacial score (nSPS) is 11.7. The summed E-state index contributed by atoms with van der Waals surface area (Å²) in [6.45, 7) is 11.8. The van der Waals surface area contributed by atoms with Crippen LogP contribution in [0.5, 0.6) is 0 Å². The molecule has 0 saturated heterocycles. The van der Waals surface area contributed by atoms with Crippen molar-refractivity contribution in [1.82, 2.24) is 0 Å². The first-order valence-electron chi connectivity index (χ1n) is 5.28. The molecule has 0 aromatic rings. The number of alkyl halides is 1. The van der Waals surface area contributed by atoms with Gasteiger partial charge in [-0.05, 0) is 20.8 Å². The lowest BCUT2D eigenvalue weighted by molar-refractivity contribution is 0.0737. The fourth-order valence-electron chi connectivity index (χ4n) is 1.29. The quantitative estimate of drug-likeness (QED) is 0.279. The summed E-state index contributed by atoms with van der Waals surface area (Å²) in [5, 5.41) is 0. The van der Waals surface area contributed by atoms with Gasteiger partial charge >= 0.3 is 8.80 Å². The van der Waals surface area contributed by atoms with E-state index in [4.69, 9.17) is 13.3 Å². The van der Waals surface area contributed by atoms with Crippen LogP contribution in [0, 0.1) is 0 Å². The Morgan fingerprint density at radius 3 is 1.73 bits per heavy atom. The lowest BCUT2D eigenvalue weighted by Crippen LogP contribution is -2.46. The Morgan fingerprint density at radius 2 is 1.47 bits per heavy atom. The van der Waals surface area contributed by atoms with Crippen molar-refractivity contribution < 1.29 is 13.3 Å². The molecule has 15 heavy (non-hydrogen) atoms. The highest BCUT2D eigenvalue weighted by Crippen LogP contribution is 2.21. The van der Waals surface area contributed by atoms with E-state index in [-0.39, 0.29) is 0 Å². The topological polar surface area (TPSA) is 27.7 Å². The predicted molar refractivity (Wildman–Crippen MR) is 73.5 cm³/mol. The number of allylic oxidation sites excluding steroid dienone is 1. The zero-order chi connectivity index (χ0) is 11.7. The van der Waals surface area contributed by atoms with E-state index in [1.807, 2.05) is 20.8 Å². The molecule has 0 radical (unpaired) electrons. The SMILES string of the molecule is C=C(CI)C[Si](OCC)(OCC)OCC. The molecule has 0 aliphatic rings. The molecule has 0 heterocycles. The van der Waals surface area contributed by atoms with Gasteiger partial charge in [-0.3, -0.25) is 0 Å². The molecule has 0 aromatic carbocycles. The van der Waals surface area contributed by atoms with Gasteiger partial charge in [0.05, 0.1) is 0 Å². The molecule has 0 saturated carbocycles. The summed E-state index contributed by atoms with van der Waals surface area (Å²) in [5.41, 5.74) is 1.12. The molecule has 0 amide bonds. The third kappa shape index (κ3) is 6.01. The van der Waals surface area contributed by atoms with Gasteiger partial charge in [0.15, 0.2) is 0 Å². The third-order valence-electron chi connectivity index (χ3n) is 1.75. The summed E-state index contributed by atoms with van der Waals surface area (Å²) in [6.07, 6.45) is 0. The highest BCUT2D eigenvalue weighted by atomic mass is 127. The van der Waals surface area contributed by atoms with Crippen LogP contribution in [0.25, 0.3) is 0 Å². The summed E-state index contributed by atoms with van der Waals surface area (Å²) >= 11 is 2.29. The summed E-state index contributed by atoms with van der Waals surface area (Å²) in [6, 6.07) is 0.728. The lowest BCUT2D eigenvalue weighted by atomic mass is 10.4. The van der Waals surface area contributed by atoms with Crippen molar-refractivity contribution in [1.29, 1.82) is 0 Å². The first kappa shape index (κ1) is 15.6. The zero-order valence-corrected chi connectivity index (χ0v) is 13.0. The summed E-state index contributed by atoms with van der Waals surface area (Å²) in [5.74, 6) is 0. The van der Waals surface area contributed by atoms with Crippen molar-refractivity contribution in [2.24, 2.45) is 0 Å². The first-order chi connectivity index (χ1) is 7.14. The minimum Gasteiger partial charge on any atom is -0.374 e. The molecule has 90 valence electrons. The predicted octanol–water partition coefficient (Wildman–Crippen LogP) is 3.03. The molecule has 0 atom stereocenters. The minimum atomic E-state index is -2.48. The second kappa shape index (κ2) is 8.69. The maximum atomic E-state index is 5.71. The Hall–Kier alpha value is 0.567. The molecule has 0 bridgehead atoms. The highest BCUT2D eigenvalue weighted by Gasteiger charge is 2.40. The molecule has 0 unspecified atom stereocenters. The molecule has 0 aliphatic heterocycles. The van der Waals surface area contributed by atoms with Crippen LogP contribution in [0.15, 0.2) is 12.2 Å². The van der Waals surface area contributed by atoms with Gasteiger partial charge in [-0.15, -0.1) is 0 Å². The average Bonchev–Trinajstić information content (AvgIpc) is 2.18. The number of rotatable bonds is 9. The van der Waals surface area contributed by atoms with E-state index in [0.29, 0.717) is 19.8 Å². The maximum Gasteiger partial charge on any atom is 0.505 e. The largest absolute Gasteiger partial charge is 0.505 e. The summed E-state index contributed by atoms with van der Waals surface area (Å²) in [7, 11) is -2.48. The van der Waals surface area contributed by atoms with E-state index in [9.17, 15) is 0 Å². The standard InChI is InChI=1S/C10H21IO3Si/c1-5-12-15(13-6-2,14-7-3)9-10(4)8-11/h4-9H2,1-3H3. The van der Waals surface area contributed by atoms with Crippen LogP contribution in [0.4, 0.5) is 0 Å². The second-order valence-electron chi connectivity index (χ2n) is 3.04. The molecular formula is C10H21IO3Si. The van der Waals surface area contributed by atoms with Crippen molar-refractivity contribution in [3.63, 3.8) is 0 Å². The third-order valence-corrected chi connectivity index (χ3v) is 5.95. The Labute approximate surface area is 108 Å². The van der Waals surface area contributed by atoms with E-state index in [2.05, 4.69) is 29.2 Å². The van der Waals surface area contributed by atoms with Crippen molar-refractivity contribution >= 4 is 31.4 Å². The Kier molecular flexibility index (Phi) is 9.02. The first-order valence-corrected chi connectivity index (χ1v) is 8.74. The van der Waals surface area contributed by atoms with Gasteiger partial charge < -0.3 is 13.3 Å². The van der Waals surface area contributed by atoms with Crippen LogP contribution in [0.2, 0.25) is 6.04 Å². The van der Waals surface area contributed by atoms with Gasteiger partial charge in [0.25, 0.3) is 0 Å². The van der Waals surface area contributed by atoms with Crippen LogP contribution in [0.1, 0.15) is 20.8 Å². The monoisotopic (exact) mass is 344 g/mol. The summed E-state index contributed by atoms with van der Waals surface area (Å²) < 4.78 is 18.1. The second-order valence-corrected chi connectivity index (χ2v) is 6.39. The highest BCUT2D eigenvalue weighted by molar-refractivity contribution is 14.1. The molecule has 5 heteroatoms. The Morgan fingerprint density at radius 1 is 1.07 bits per heavy atom. The molecule has 3 nitrogen and oxygen atoms in total. The number of hydrogen-bond acceptors (Lipinski definition) is 3. The van der Waals surface area contributed by atoms with E-state index < -0.39 is 8.80 Å². The van der Waals surface area contributed by atoms with Gasteiger partial charge in [0, 0.05) is 30.3 Å². The van der Waals surface area contributed by atoms with Crippen LogP contribution in [0.3, 0.4) is 0 Å². The van der Waals surface area contributed by atoms with E-state index in [0.717, 1.165) is 16.0 Å². The van der Waals surface area contributed by atoms with Gasteiger partial charge in [-0.25, -0.2) is 0 Å². The van der Waals surface area contributed by atoms with Crippen LogP contribution < -0.4 is 0 Å². The van der Waals surface area contributed by atoms with Crippen molar-refractivity contribution in [2.45, 2.75) is 26.8 Å². The van der Waals surface area contributed by atoms with E-state index >= 15 is 0 Å². The number of hydrogen-bond donors (Lipinski definition) is 0.